The average Bonchev–Trinajstić information content (AvgIpc) is 2.50. The number of halogens is 2. The van der Waals surface area contributed by atoms with E-state index in [-0.39, 0.29) is 15.6 Å². The highest BCUT2D eigenvalue weighted by Crippen LogP contribution is 2.34. The summed E-state index contributed by atoms with van der Waals surface area (Å²) in [4.78, 5) is -0.307. The van der Waals surface area contributed by atoms with E-state index in [1.165, 1.54) is 30.3 Å². The first-order valence-electron chi connectivity index (χ1n) is 6.37. The molecule has 4 nitrogen and oxygen atoms in total. The maximum atomic E-state index is 12.6. The van der Waals surface area contributed by atoms with Crippen LogP contribution >= 0.6 is 31.9 Å². The van der Waals surface area contributed by atoms with Gasteiger partial charge in [-0.3, -0.25) is 0 Å². The molecule has 0 saturated heterocycles. The summed E-state index contributed by atoms with van der Waals surface area (Å²) in [5.41, 5.74) is 1.40. The molecule has 0 bridgehead atoms. The highest BCUT2D eigenvalue weighted by Gasteiger charge is 2.21. The third-order valence-corrected chi connectivity index (χ3v) is 5.96. The Morgan fingerprint density at radius 3 is 2.17 bits per heavy atom. The van der Waals surface area contributed by atoms with Crippen molar-refractivity contribution in [1.29, 1.82) is 5.26 Å². The molecule has 0 saturated carbocycles. The first kappa shape index (κ1) is 17.7. The van der Waals surface area contributed by atoms with Crippen molar-refractivity contribution in [2.75, 3.05) is 0 Å². The maximum Gasteiger partial charge on any atom is 0.216 e. The molecule has 1 N–H and O–H groups in total. The van der Waals surface area contributed by atoms with Crippen LogP contribution in [0.5, 0.6) is 5.75 Å². The monoisotopic (exact) mass is 455 g/mol. The van der Waals surface area contributed by atoms with Crippen LogP contribution in [0.3, 0.4) is 0 Å². The number of aromatic hydroxyl groups is 1. The highest BCUT2D eigenvalue weighted by atomic mass is 79.9. The second-order valence-corrected chi connectivity index (χ2v) is 8.40. The molecule has 0 aromatic heterocycles. The first-order valence-corrected chi connectivity index (χ1v) is 9.44. The third kappa shape index (κ3) is 3.83. The van der Waals surface area contributed by atoms with Crippen LogP contribution in [-0.2, 0) is 9.84 Å². The second-order valence-electron chi connectivity index (χ2n) is 4.77. The van der Waals surface area contributed by atoms with Crippen molar-refractivity contribution < 1.29 is 13.5 Å². The van der Waals surface area contributed by atoms with Gasteiger partial charge in [0.1, 0.15) is 16.7 Å². The SMILES string of the molecule is Cc1ccc(S(=O)(=O)C(C#N)=Cc2cc(Br)c(O)c(Br)c2)cc1. The van der Waals surface area contributed by atoms with Crippen LogP contribution in [0.25, 0.3) is 6.08 Å². The number of phenolic OH excluding ortho intramolecular Hbond substituents is 1. The van der Waals surface area contributed by atoms with E-state index in [0.29, 0.717) is 14.5 Å². The van der Waals surface area contributed by atoms with Gasteiger partial charge in [0.15, 0.2) is 0 Å². The molecule has 118 valence electrons. The predicted molar refractivity (Wildman–Crippen MR) is 95.5 cm³/mol. The minimum Gasteiger partial charge on any atom is -0.506 e. The van der Waals surface area contributed by atoms with E-state index in [0.717, 1.165) is 5.56 Å². The van der Waals surface area contributed by atoms with Gasteiger partial charge < -0.3 is 5.11 Å². The largest absolute Gasteiger partial charge is 0.506 e. The molecule has 0 radical (unpaired) electrons. The molecule has 0 aliphatic rings. The maximum absolute atomic E-state index is 12.6. The number of benzene rings is 2. The molecule has 2 aromatic rings. The van der Waals surface area contributed by atoms with Crippen molar-refractivity contribution in [3.63, 3.8) is 0 Å². The molecule has 0 atom stereocenters. The Bertz CT molecular complexity index is 904. The predicted octanol–water partition coefficient (Wildman–Crippen LogP) is 4.56. The molecule has 7 heteroatoms. The number of nitrogens with zero attached hydrogens (tertiary/aromatic N) is 1. The molecule has 23 heavy (non-hydrogen) atoms. The normalized spacial score (nSPS) is 12.0. The number of phenols is 1. The van der Waals surface area contributed by atoms with Crippen LogP contribution in [-0.4, -0.2) is 13.5 Å². The summed E-state index contributed by atoms with van der Waals surface area (Å²) in [6.45, 7) is 1.85. The van der Waals surface area contributed by atoms with Crippen LogP contribution in [0.15, 0.2) is 55.1 Å². The van der Waals surface area contributed by atoms with E-state index in [1.54, 1.807) is 18.2 Å². The minimum absolute atomic E-state index is 0.00190. The van der Waals surface area contributed by atoms with Gasteiger partial charge in [0.2, 0.25) is 9.84 Å². The summed E-state index contributed by atoms with van der Waals surface area (Å²) >= 11 is 6.34. The summed E-state index contributed by atoms with van der Waals surface area (Å²) in [5, 5.41) is 19.0. The van der Waals surface area contributed by atoms with Crippen LogP contribution in [0.4, 0.5) is 0 Å². The van der Waals surface area contributed by atoms with Crippen molar-refractivity contribution in [3.05, 3.63) is 61.4 Å². The standard InChI is InChI=1S/C16H11Br2NO3S/c1-10-2-4-12(5-3-10)23(21,22)13(9-19)6-11-7-14(17)16(20)15(18)8-11/h2-8,20H,1H3. The van der Waals surface area contributed by atoms with E-state index in [4.69, 9.17) is 0 Å². The zero-order valence-corrected chi connectivity index (χ0v) is 15.9. The van der Waals surface area contributed by atoms with E-state index in [1.807, 2.05) is 6.92 Å². The number of nitriles is 1. The van der Waals surface area contributed by atoms with Gasteiger partial charge in [-0.25, -0.2) is 8.42 Å². The lowest BCUT2D eigenvalue weighted by Gasteiger charge is -2.05. The fourth-order valence-electron chi connectivity index (χ4n) is 1.83. The summed E-state index contributed by atoms with van der Waals surface area (Å²) in [6.07, 6.45) is 1.27. The number of hydrogen-bond donors (Lipinski definition) is 1. The molecule has 0 unspecified atom stereocenters. The Kier molecular flexibility index (Phi) is 5.30. The molecule has 0 fully saturated rings. The Labute approximate surface area is 151 Å². The topological polar surface area (TPSA) is 78.2 Å². The molecule has 0 heterocycles. The van der Waals surface area contributed by atoms with Gasteiger partial charge in [-0.05, 0) is 74.7 Å². The van der Waals surface area contributed by atoms with Crippen molar-refractivity contribution in [3.8, 4) is 11.8 Å². The summed E-state index contributed by atoms with van der Waals surface area (Å²) in [7, 11) is -3.90. The number of aryl methyl sites for hydroxylation is 1. The van der Waals surface area contributed by atoms with E-state index < -0.39 is 9.84 Å². The highest BCUT2D eigenvalue weighted by molar-refractivity contribution is 9.11. The van der Waals surface area contributed by atoms with Crippen LogP contribution in [0, 0.1) is 18.3 Å². The number of allylic oxidation sites excluding steroid dienone is 1. The van der Waals surface area contributed by atoms with Crippen LogP contribution in [0.1, 0.15) is 11.1 Å². The minimum atomic E-state index is -3.90. The summed E-state index contributed by atoms with van der Waals surface area (Å²) in [6, 6.07) is 11.1. The van der Waals surface area contributed by atoms with Gasteiger partial charge in [0.05, 0.1) is 13.8 Å². The van der Waals surface area contributed by atoms with E-state index in [9.17, 15) is 18.8 Å². The quantitative estimate of drug-likeness (QED) is 0.686. The van der Waals surface area contributed by atoms with Gasteiger partial charge >= 0.3 is 0 Å². The van der Waals surface area contributed by atoms with Gasteiger partial charge in [-0.15, -0.1) is 0 Å². The summed E-state index contributed by atoms with van der Waals surface area (Å²) in [5.74, 6) is 0.00190. The van der Waals surface area contributed by atoms with Crippen molar-refractivity contribution in [1.82, 2.24) is 0 Å². The van der Waals surface area contributed by atoms with Crippen molar-refractivity contribution in [2.45, 2.75) is 11.8 Å². The number of rotatable bonds is 3. The molecule has 0 aliphatic heterocycles. The van der Waals surface area contributed by atoms with Crippen LogP contribution in [0.2, 0.25) is 0 Å². The Morgan fingerprint density at radius 2 is 1.70 bits per heavy atom. The fourth-order valence-corrected chi connectivity index (χ4v) is 4.22. The molecule has 0 aliphatic carbocycles. The Morgan fingerprint density at radius 1 is 1.17 bits per heavy atom. The fraction of sp³-hybridized carbons (Fsp3) is 0.0625. The lowest BCUT2D eigenvalue weighted by molar-refractivity contribution is 0.468. The molecule has 0 spiro atoms. The average molecular weight is 457 g/mol. The number of hydrogen-bond acceptors (Lipinski definition) is 4. The van der Waals surface area contributed by atoms with E-state index >= 15 is 0 Å². The Balaban J connectivity index is 2.55. The lowest BCUT2D eigenvalue weighted by Crippen LogP contribution is -2.03. The second kappa shape index (κ2) is 6.87. The molecular formula is C16H11Br2NO3S. The van der Waals surface area contributed by atoms with Crippen molar-refractivity contribution >= 4 is 47.8 Å². The van der Waals surface area contributed by atoms with Gasteiger partial charge in [0, 0.05) is 0 Å². The molecular weight excluding hydrogens is 446 g/mol. The zero-order valence-electron chi connectivity index (χ0n) is 11.9. The lowest BCUT2D eigenvalue weighted by atomic mass is 10.2. The smallest absolute Gasteiger partial charge is 0.216 e. The van der Waals surface area contributed by atoms with Gasteiger partial charge in [-0.2, -0.15) is 5.26 Å². The molecule has 2 rings (SSSR count). The number of sulfone groups is 1. The molecule has 0 amide bonds. The van der Waals surface area contributed by atoms with E-state index in [2.05, 4.69) is 31.9 Å². The summed E-state index contributed by atoms with van der Waals surface area (Å²) < 4.78 is 25.9. The van der Waals surface area contributed by atoms with Crippen molar-refractivity contribution in [2.24, 2.45) is 0 Å². The first-order chi connectivity index (χ1) is 10.8. The Hall–Kier alpha value is -1.62. The van der Waals surface area contributed by atoms with Crippen LogP contribution < -0.4 is 0 Å². The zero-order chi connectivity index (χ0) is 17.2. The van der Waals surface area contributed by atoms with Gasteiger partial charge in [-0.1, -0.05) is 17.7 Å². The third-order valence-electron chi connectivity index (χ3n) is 3.07. The molecule has 2 aromatic carbocycles. The van der Waals surface area contributed by atoms with Gasteiger partial charge in [0.25, 0.3) is 0 Å².